The molecule has 0 spiro atoms. The number of piperidine rings is 1. The standard InChI is InChI=1S/C20H25N3O2.2ClH/c1-15(23-19(24)20(25-2)9-13-22-14-10-20)16-3-5-17(6-4-16)18-7-11-21-12-8-18;;/h3-8,11-12,15,22H,9-10,13-14H2,1-2H3,(H,23,24);2*1H. The predicted molar refractivity (Wildman–Crippen MR) is 113 cm³/mol. The lowest BCUT2D eigenvalue weighted by molar-refractivity contribution is -0.147. The van der Waals surface area contributed by atoms with Crippen LogP contribution in [0.1, 0.15) is 31.4 Å². The van der Waals surface area contributed by atoms with E-state index in [1.807, 2.05) is 19.1 Å². The molecule has 148 valence electrons. The van der Waals surface area contributed by atoms with Gasteiger partial charge in [0.25, 0.3) is 5.91 Å². The summed E-state index contributed by atoms with van der Waals surface area (Å²) in [6.07, 6.45) is 4.97. The van der Waals surface area contributed by atoms with Gasteiger partial charge in [0.1, 0.15) is 5.60 Å². The molecule has 2 aromatic rings. The van der Waals surface area contributed by atoms with Crippen LogP contribution < -0.4 is 10.6 Å². The molecule has 0 radical (unpaired) electrons. The second-order valence-corrected chi connectivity index (χ2v) is 6.50. The van der Waals surface area contributed by atoms with Gasteiger partial charge in [-0.3, -0.25) is 9.78 Å². The summed E-state index contributed by atoms with van der Waals surface area (Å²) in [6, 6.07) is 12.2. The zero-order valence-corrected chi connectivity index (χ0v) is 17.2. The zero-order valence-electron chi connectivity index (χ0n) is 15.6. The van der Waals surface area contributed by atoms with E-state index in [-0.39, 0.29) is 36.8 Å². The SMILES string of the molecule is COC1(C(=O)NC(C)c2ccc(-c3ccncc3)cc2)CCNCC1.Cl.Cl. The third-order valence-corrected chi connectivity index (χ3v) is 4.99. The molecule has 1 unspecified atom stereocenters. The lowest BCUT2D eigenvalue weighted by Gasteiger charge is -2.35. The molecular weight excluding hydrogens is 385 g/mol. The average Bonchev–Trinajstić information content (AvgIpc) is 2.69. The Balaban J connectivity index is 0.00000182. The van der Waals surface area contributed by atoms with Crippen LogP contribution in [0.4, 0.5) is 0 Å². The Morgan fingerprint density at radius 1 is 1.07 bits per heavy atom. The highest BCUT2D eigenvalue weighted by Gasteiger charge is 2.40. The van der Waals surface area contributed by atoms with Gasteiger partial charge in [0.15, 0.2) is 0 Å². The van der Waals surface area contributed by atoms with Crippen molar-refractivity contribution in [2.75, 3.05) is 20.2 Å². The summed E-state index contributed by atoms with van der Waals surface area (Å²) >= 11 is 0. The Labute approximate surface area is 173 Å². The maximum atomic E-state index is 12.8. The van der Waals surface area contributed by atoms with Gasteiger partial charge in [-0.25, -0.2) is 0 Å². The highest BCUT2D eigenvalue weighted by Crippen LogP contribution is 2.25. The number of carbonyl (C=O) groups excluding carboxylic acids is 1. The lowest BCUT2D eigenvalue weighted by atomic mass is 9.90. The Morgan fingerprint density at radius 2 is 1.63 bits per heavy atom. The number of pyridine rings is 1. The summed E-state index contributed by atoms with van der Waals surface area (Å²) in [7, 11) is 1.62. The van der Waals surface area contributed by atoms with Crippen molar-refractivity contribution in [2.24, 2.45) is 0 Å². The summed E-state index contributed by atoms with van der Waals surface area (Å²) in [4.78, 5) is 16.8. The number of nitrogens with zero attached hydrogens (tertiary/aromatic N) is 1. The summed E-state index contributed by atoms with van der Waals surface area (Å²) in [6.45, 7) is 3.61. The number of carbonyl (C=O) groups is 1. The van der Waals surface area contributed by atoms with Crippen LogP contribution in [-0.2, 0) is 9.53 Å². The van der Waals surface area contributed by atoms with Crippen LogP contribution in [-0.4, -0.2) is 36.7 Å². The maximum Gasteiger partial charge on any atom is 0.252 e. The Bertz CT molecular complexity index is 705. The smallest absolute Gasteiger partial charge is 0.252 e. The summed E-state index contributed by atoms with van der Waals surface area (Å²) in [5, 5.41) is 6.39. The Hall–Kier alpha value is -1.66. The number of halogens is 2. The van der Waals surface area contributed by atoms with Gasteiger partial charge >= 0.3 is 0 Å². The van der Waals surface area contributed by atoms with E-state index in [1.165, 1.54) is 0 Å². The van der Waals surface area contributed by atoms with E-state index in [2.05, 4.69) is 39.9 Å². The molecular formula is C20H27Cl2N3O2. The lowest BCUT2D eigenvalue weighted by Crippen LogP contribution is -2.54. The van der Waals surface area contributed by atoms with Crippen molar-refractivity contribution in [3.05, 3.63) is 54.4 Å². The van der Waals surface area contributed by atoms with Crippen molar-refractivity contribution in [1.82, 2.24) is 15.6 Å². The van der Waals surface area contributed by atoms with Gasteiger partial charge in [-0.2, -0.15) is 0 Å². The molecule has 1 atom stereocenters. The number of amides is 1. The molecule has 1 aromatic heterocycles. The third-order valence-electron chi connectivity index (χ3n) is 4.99. The van der Waals surface area contributed by atoms with Gasteiger partial charge < -0.3 is 15.4 Å². The van der Waals surface area contributed by atoms with E-state index >= 15 is 0 Å². The number of nitrogens with one attached hydrogen (secondary N) is 2. The first-order valence-electron chi connectivity index (χ1n) is 8.72. The van der Waals surface area contributed by atoms with Crippen molar-refractivity contribution < 1.29 is 9.53 Å². The topological polar surface area (TPSA) is 63.2 Å². The predicted octanol–water partition coefficient (Wildman–Crippen LogP) is 3.54. The quantitative estimate of drug-likeness (QED) is 0.789. The van der Waals surface area contributed by atoms with Crippen LogP contribution in [0.5, 0.6) is 0 Å². The Morgan fingerprint density at radius 3 is 2.19 bits per heavy atom. The molecule has 2 N–H and O–H groups in total. The minimum absolute atomic E-state index is 0. The van der Waals surface area contributed by atoms with E-state index < -0.39 is 5.60 Å². The fourth-order valence-corrected chi connectivity index (χ4v) is 3.27. The molecule has 0 bridgehead atoms. The van der Waals surface area contributed by atoms with Crippen molar-refractivity contribution in [1.29, 1.82) is 0 Å². The van der Waals surface area contributed by atoms with Crippen molar-refractivity contribution in [3.63, 3.8) is 0 Å². The van der Waals surface area contributed by atoms with Gasteiger partial charge in [-0.15, -0.1) is 24.8 Å². The van der Waals surface area contributed by atoms with E-state index in [4.69, 9.17) is 4.74 Å². The first-order valence-corrected chi connectivity index (χ1v) is 8.72. The van der Waals surface area contributed by atoms with Gasteiger partial charge in [0.05, 0.1) is 6.04 Å². The molecule has 0 aliphatic carbocycles. The van der Waals surface area contributed by atoms with Crippen molar-refractivity contribution in [3.8, 4) is 11.1 Å². The maximum absolute atomic E-state index is 12.8. The molecule has 1 aromatic carbocycles. The van der Waals surface area contributed by atoms with Crippen LogP contribution >= 0.6 is 24.8 Å². The second-order valence-electron chi connectivity index (χ2n) is 6.50. The first-order chi connectivity index (χ1) is 12.1. The van der Waals surface area contributed by atoms with Gasteiger partial charge in [-0.05, 0) is 61.7 Å². The van der Waals surface area contributed by atoms with Crippen molar-refractivity contribution in [2.45, 2.75) is 31.4 Å². The molecule has 1 fully saturated rings. The van der Waals surface area contributed by atoms with Crippen LogP contribution in [0.2, 0.25) is 0 Å². The van der Waals surface area contributed by atoms with Gasteiger partial charge in [0, 0.05) is 19.5 Å². The molecule has 1 amide bonds. The second kappa shape index (κ2) is 10.6. The monoisotopic (exact) mass is 411 g/mol. The molecule has 1 aliphatic heterocycles. The number of hydrogen-bond donors (Lipinski definition) is 2. The normalized spacial score (nSPS) is 16.4. The fourth-order valence-electron chi connectivity index (χ4n) is 3.27. The van der Waals surface area contributed by atoms with E-state index in [1.54, 1.807) is 19.5 Å². The van der Waals surface area contributed by atoms with E-state index in [0.29, 0.717) is 12.8 Å². The molecule has 0 saturated carbocycles. The van der Waals surface area contributed by atoms with E-state index in [0.717, 1.165) is 29.8 Å². The summed E-state index contributed by atoms with van der Waals surface area (Å²) in [5.41, 5.74) is 2.63. The highest BCUT2D eigenvalue weighted by molar-refractivity contribution is 5.86. The number of aromatic nitrogens is 1. The molecule has 3 rings (SSSR count). The number of hydrogen-bond acceptors (Lipinski definition) is 4. The molecule has 1 saturated heterocycles. The van der Waals surface area contributed by atoms with E-state index in [9.17, 15) is 4.79 Å². The number of rotatable bonds is 5. The van der Waals surface area contributed by atoms with Crippen LogP contribution in [0, 0.1) is 0 Å². The van der Waals surface area contributed by atoms with Crippen LogP contribution in [0.25, 0.3) is 11.1 Å². The molecule has 2 heterocycles. The number of benzene rings is 1. The molecule has 5 nitrogen and oxygen atoms in total. The summed E-state index contributed by atoms with van der Waals surface area (Å²) < 4.78 is 5.60. The fraction of sp³-hybridized carbons (Fsp3) is 0.400. The third kappa shape index (κ3) is 5.42. The largest absolute Gasteiger partial charge is 0.368 e. The number of ether oxygens (including phenoxy) is 1. The van der Waals surface area contributed by atoms with Gasteiger partial charge in [-0.1, -0.05) is 24.3 Å². The Kier molecular flexibility index (Phi) is 9.19. The average molecular weight is 412 g/mol. The first kappa shape index (κ1) is 23.4. The summed E-state index contributed by atoms with van der Waals surface area (Å²) in [5.74, 6) is -0.0257. The zero-order chi connectivity index (χ0) is 17.7. The molecule has 7 heteroatoms. The van der Waals surface area contributed by atoms with Crippen LogP contribution in [0.15, 0.2) is 48.8 Å². The van der Waals surface area contributed by atoms with Gasteiger partial charge in [0.2, 0.25) is 0 Å². The minimum Gasteiger partial charge on any atom is -0.368 e. The highest BCUT2D eigenvalue weighted by atomic mass is 35.5. The van der Waals surface area contributed by atoms with Crippen LogP contribution in [0.3, 0.4) is 0 Å². The number of methoxy groups -OCH3 is 1. The molecule has 27 heavy (non-hydrogen) atoms. The molecule has 1 aliphatic rings. The minimum atomic E-state index is -0.712. The van der Waals surface area contributed by atoms with Crippen molar-refractivity contribution >= 4 is 30.7 Å².